The minimum Gasteiger partial charge on any atom is -0.508 e. The molecular formula is C32H47N3O5. The average molecular weight is 554 g/mol. The highest BCUT2D eigenvalue weighted by molar-refractivity contribution is 5.92. The number of carbonyl (C=O) groups excluding carboxylic acids is 3. The van der Waals surface area contributed by atoms with Crippen molar-refractivity contribution in [3.8, 4) is 5.75 Å². The van der Waals surface area contributed by atoms with Gasteiger partial charge in [0, 0.05) is 19.0 Å². The van der Waals surface area contributed by atoms with Gasteiger partial charge in [-0.25, -0.2) is 4.79 Å². The molecular weight excluding hydrogens is 506 g/mol. The molecule has 2 aromatic carbocycles. The number of nitrogens with zero attached hydrogens (tertiary/aromatic N) is 1. The maximum absolute atomic E-state index is 14.3. The smallest absolute Gasteiger partial charge is 0.408 e. The molecule has 0 fully saturated rings. The lowest BCUT2D eigenvalue weighted by molar-refractivity contribution is -0.142. The van der Waals surface area contributed by atoms with Crippen LogP contribution in [-0.2, 0) is 20.7 Å². The molecule has 40 heavy (non-hydrogen) atoms. The number of hydrogen-bond donors (Lipinski definition) is 3. The van der Waals surface area contributed by atoms with Crippen LogP contribution in [0.4, 0.5) is 4.79 Å². The van der Waals surface area contributed by atoms with Crippen LogP contribution >= 0.6 is 0 Å². The van der Waals surface area contributed by atoms with Gasteiger partial charge in [0.1, 0.15) is 23.4 Å². The molecule has 0 radical (unpaired) electrons. The van der Waals surface area contributed by atoms with Gasteiger partial charge in [0.25, 0.3) is 0 Å². The number of nitrogens with one attached hydrogen (secondary N) is 2. The van der Waals surface area contributed by atoms with Gasteiger partial charge >= 0.3 is 6.09 Å². The number of alkyl carbamates (subject to hydrolysis) is 1. The summed E-state index contributed by atoms with van der Waals surface area (Å²) in [5.74, 6) is -0.536. The minimum absolute atomic E-state index is 0.0583. The average Bonchev–Trinajstić information content (AvgIpc) is 2.84. The second kappa shape index (κ2) is 14.7. The molecule has 3 unspecified atom stereocenters. The summed E-state index contributed by atoms with van der Waals surface area (Å²) in [5, 5.41) is 15.6. The first-order chi connectivity index (χ1) is 18.7. The van der Waals surface area contributed by atoms with Gasteiger partial charge < -0.3 is 25.4 Å². The largest absolute Gasteiger partial charge is 0.508 e. The lowest BCUT2D eigenvalue weighted by Gasteiger charge is -2.35. The summed E-state index contributed by atoms with van der Waals surface area (Å²) in [6, 6.07) is 10.4. The molecule has 8 nitrogen and oxygen atoms in total. The molecule has 3 N–H and O–H groups in total. The Bertz CT molecular complexity index is 1140. The van der Waals surface area contributed by atoms with E-state index in [0.29, 0.717) is 13.0 Å². The van der Waals surface area contributed by atoms with E-state index in [4.69, 9.17) is 4.74 Å². The fourth-order valence-electron chi connectivity index (χ4n) is 4.74. The Morgan fingerprint density at radius 2 is 1.62 bits per heavy atom. The van der Waals surface area contributed by atoms with E-state index in [-0.39, 0.29) is 30.0 Å². The fraction of sp³-hybridized carbons (Fsp3) is 0.531. The highest BCUT2D eigenvalue weighted by atomic mass is 16.6. The number of phenols is 1. The molecule has 2 rings (SSSR count). The molecule has 2 aromatic rings. The van der Waals surface area contributed by atoms with E-state index >= 15 is 0 Å². The van der Waals surface area contributed by atoms with E-state index in [1.807, 2.05) is 45.9 Å². The summed E-state index contributed by atoms with van der Waals surface area (Å²) in [6.45, 7) is 15.5. The predicted molar refractivity (Wildman–Crippen MR) is 158 cm³/mol. The maximum Gasteiger partial charge on any atom is 0.408 e. The van der Waals surface area contributed by atoms with Crippen LogP contribution in [0.2, 0.25) is 0 Å². The third-order valence-corrected chi connectivity index (χ3v) is 6.50. The highest BCUT2D eigenvalue weighted by Crippen LogP contribution is 2.27. The first kappa shape index (κ1) is 32.7. The molecule has 0 spiro atoms. The number of aryl methyl sites for hydroxylation is 2. The molecule has 0 aliphatic carbocycles. The SMILES string of the molecule is CCCC(C)NC(=O)C(c1ccc(C)cc1C)N(CCC)C(=O)C(Cc1ccc(O)cc1)NC(=O)OC(C)(C)C. The zero-order valence-corrected chi connectivity index (χ0v) is 25.3. The van der Waals surface area contributed by atoms with E-state index in [1.54, 1.807) is 37.8 Å². The van der Waals surface area contributed by atoms with Crippen molar-refractivity contribution in [3.05, 3.63) is 64.7 Å². The van der Waals surface area contributed by atoms with Crippen LogP contribution in [0.5, 0.6) is 5.75 Å². The molecule has 3 amide bonds. The van der Waals surface area contributed by atoms with Crippen molar-refractivity contribution in [2.75, 3.05) is 6.54 Å². The van der Waals surface area contributed by atoms with Crippen molar-refractivity contribution in [2.24, 2.45) is 0 Å². The Morgan fingerprint density at radius 1 is 0.975 bits per heavy atom. The highest BCUT2D eigenvalue weighted by Gasteiger charge is 2.37. The molecule has 8 heteroatoms. The Balaban J connectivity index is 2.57. The van der Waals surface area contributed by atoms with Crippen molar-refractivity contribution >= 4 is 17.9 Å². The van der Waals surface area contributed by atoms with Crippen LogP contribution in [0.15, 0.2) is 42.5 Å². The quantitative estimate of drug-likeness (QED) is 0.311. The Labute approximate surface area is 239 Å². The van der Waals surface area contributed by atoms with Gasteiger partial charge in [-0.3, -0.25) is 9.59 Å². The Morgan fingerprint density at radius 3 is 2.17 bits per heavy atom. The van der Waals surface area contributed by atoms with Gasteiger partial charge in [0.2, 0.25) is 11.8 Å². The summed E-state index contributed by atoms with van der Waals surface area (Å²) in [4.78, 5) is 42.6. The lowest BCUT2D eigenvalue weighted by atomic mass is 9.95. The number of phenolic OH excluding ortho intramolecular Hbond substituents is 1. The van der Waals surface area contributed by atoms with Crippen LogP contribution in [-0.4, -0.2) is 52.1 Å². The zero-order chi connectivity index (χ0) is 30.0. The number of rotatable bonds is 12. The van der Waals surface area contributed by atoms with Crippen LogP contribution in [0.1, 0.15) is 89.1 Å². The van der Waals surface area contributed by atoms with Crippen molar-refractivity contribution in [2.45, 2.75) is 105 Å². The summed E-state index contributed by atoms with van der Waals surface area (Å²) in [7, 11) is 0. The monoisotopic (exact) mass is 553 g/mol. The van der Waals surface area contributed by atoms with E-state index in [0.717, 1.165) is 35.1 Å². The molecule has 0 aliphatic rings. The molecule has 220 valence electrons. The first-order valence-electron chi connectivity index (χ1n) is 14.2. The molecule has 0 aromatic heterocycles. The number of ether oxygens (including phenoxy) is 1. The maximum atomic E-state index is 14.3. The molecule has 0 aliphatic heterocycles. The van der Waals surface area contributed by atoms with Gasteiger partial charge in [-0.15, -0.1) is 0 Å². The number of carbonyl (C=O) groups is 3. The third kappa shape index (κ3) is 9.88. The first-order valence-corrected chi connectivity index (χ1v) is 14.2. The van der Waals surface area contributed by atoms with Gasteiger partial charge in [0.15, 0.2) is 0 Å². The summed E-state index contributed by atoms with van der Waals surface area (Å²) in [6.07, 6.45) is 1.79. The van der Waals surface area contributed by atoms with E-state index < -0.39 is 23.8 Å². The molecule has 0 saturated carbocycles. The standard InChI is InChI=1S/C32H47N3O5/c1-9-11-23(5)33-29(37)28(26-17-12-21(3)19-22(26)4)35(18-10-2)30(38)27(34-31(39)40-32(6,7)8)20-24-13-15-25(36)16-14-24/h12-17,19,23,27-28,36H,9-11,18,20H2,1-8H3,(H,33,37)(H,34,39). The van der Waals surface area contributed by atoms with Gasteiger partial charge in [-0.1, -0.05) is 56.2 Å². The van der Waals surface area contributed by atoms with Crippen molar-refractivity contribution < 1.29 is 24.2 Å². The second-order valence-electron chi connectivity index (χ2n) is 11.6. The second-order valence-corrected chi connectivity index (χ2v) is 11.6. The third-order valence-electron chi connectivity index (χ3n) is 6.50. The van der Waals surface area contributed by atoms with Crippen molar-refractivity contribution in [1.82, 2.24) is 15.5 Å². The number of amides is 3. The zero-order valence-electron chi connectivity index (χ0n) is 25.3. The van der Waals surface area contributed by atoms with Crippen LogP contribution < -0.4 is 10.6 Å². The van der Waals surface area contributed by atoms with E-state index in [1.165, 1.54) is 12.1 Å². The Hall–Kier alpha value is -3.55. The normalized spacial score (nSPS) is 13.6. The molecule has 0 heterocycles. The van der Waals surface area contributed by atoms with Crippen LogP contribution in [0, 0.1) is 13.8 Å². The number of benzene rings is 2. The van der Waals surface area contributed by atoms with Crippen molar-refractivity contribution in [3.63, 3.8) is 0 Å². The minimum atomic E-state index is -1.000. The summed E-state index contributed by atoms with van der Waals surface area (Å²) < 4.78 is 5.48. The van der Waals surface area contributed by atoms with Gasteiger partial charge in [0.05, 0.1) is 0 Å². The van der Waals surface area contributed by atoms with E-state index in [2.05, 4.69) is 17.6 Å². The fourth-order valence-corrected chi connectivity index (χ4v) is 4.74. The number of aromatic hydroxyl groups is 1. The van der Waals surface area contributed by atoms with Crippen LogP contribution in [0.25, 0.3) is 0 Å². The number of hydrogen-bond acceptors (Lipinski definition) is 5. The molecule has 0 bridgehead atoms. The van der Waals surface area contributed by atoms with Gasteiger partial charge in [-0.05, 0) is 83.2 Å². The summed E-state index contributed by atoms with van der Waals surface area (Å²) in [5.41, 5.74) is 2.70. The molecule has 0 saturated heterocycles. The molecule has 3 atom stereocenters. The van der Waals surface area contributed by atoms with Gasteiger partial charge in [-0.2, -0.15) is 0 Å². The van der Waals surface area contributed by atoms with E-state index in [9.17, 15) is 19.5 Å². The topological polar surface area (TPSA) is 108 Å². The Kier molecular flexibility index (Phi) is 12.0. The predicted octanol–water partition coefficient (Wildman–Crippen LogP) is 5.73. The van der Waals surface area contributed by atoms with Crippen molar-refractivity contribution in [1.29, 1.82) is 0 Å². The summed E-state index contributed by atoms with van der Waals surface area (Å²) >= 11 is 0. The van der Waals surface area contributed by atoms with Crippen LogP contribution in [0.3, 0.4) is 0 Å². The lowest BCUT2D eigenvalue weighted by Crippen LogP contribution is -2.54.